The summed E-state index contributed by atoms with van der Waals surface area (Å²) in [4.78, 5) is 20.8. The number of carboxylic acids is 1. The van der Waals surface area contributed by atoms with Gasteiger partial charge in [-0.05, 0) is 48.4 Å². The van der Waals surface area contributed by atoms with E-state index >= 15 is 8.78 Å². The van der Waals surface area contributed by atoms with Crippen LogP contribution in [-0.2, 0) is 24.3 Å². The van der Waals surface area contributed by atoms with Crippen LogP contribution in [0.2, 0.25) is 0 Å². The average Bonchev–Trinajstić information content (AvgIpc) is 3.49. The summed E-state index contributed by atoms with van der Waals surface area (Å²) in [5.41, 5.74) is 1.31. The molecular weight excluding hydrogens is 569 g/mol. The number of aromatic carboxylic acids is 1. The fraction of sp³-hybridized carbons (Fsp3) is 0.200. The quantitative estimate of drug-likeness (QED) is 0.221. The van der Waals surface area contributed by atoms with Gasteiger partial charge in [0.25, 0.3) is 0 Å². The van der Waals surface area contributed by atoms with Crippen molar-refractivity contribution in [1.82, 2.24) is 14.5 Å². The number of rotatable bonds is 9. The molecule has 8 nitrogen and oxygen atoms in total. The molecule has 0 unspecified atom stereocenters. The summed E-state index contributed by atoms with van der Waals surface area (Å²) >= 11 is 0.959. The Morgan fingerprint density at radius 1 is 1.12 bits per heavy atom. The zero-order valence-electron chi connectivity index (χ0n) is 21.8. The standard InChI is InChI=1S/C30H21F3N4O4S/c31-21-12-20(24-2-1-3-29(36-24)41-15-27-23(33)11-19(13-34)42-27)22(32)8-17(21)10-28-35-25-5-4-16(30(38)39)9-26(25)37(28)14-18-6-7-40-18/h1-5,8-9,11-12,18H,6-7,10,14-15H2,(H,38,39)/t18-/m0/s1. The maximum Gasteiger partial charge on any atom is 0.335 e. The Balaban J connectivity index is 1.27. The first-order chi connectivity index (χ1) is 20.3. The molecule has 212 valence electrons. The molecule has 42 heavy (non-hydrogen) atoms. The Labute approximate surface area is 241 Å². The van der Waals surface area contributed by atoms with Gasteiger partial charge in [-0.25, -0.2) is 27.9 Å². The van der Waals surface area contributed by atoms with Gasteiger partial charge in [0.05, 0.1) is 39.8 Å². The number of aromatic nitrogens is 3. The van der Waals surface area contributed by atoms with Gasteiger partial charge >= 0.3 is 5.97 Å². The van der Waals surface area contributed by atoms with Gasteiger partial charge in [-0.15, -0.1) is 11.3 Å². The third kappa shape index (κ3) is 5.44. The average molecular weight is 591 g/mol. The van der Waals surface area contributed by atoms with Crippen molar-refractivity contribution in [3.05, 3.63) is 98.8 Å². The number of fused-ring (bicyclic) bond motifs is 1. The van der Waals surface area contributed by atoms with Crippen LogP contribution < -0.4 is 4.74 Å². The molecule has 12 heteroatoms. The van der Waals surface area contributed by atoms with Gasteiger partial charge in [-0.2, -0.15) is 5.26 Å². The second-order valence-electron chi connectivity index (χ2n) is 9.67. The molecule has 0 bridgehead atoms. The summed E-state index contributed by atoms with van der Waals surface area (Å²) in [5, 5.41) is 18.4. The van der Waals surface area contributed by atoms with E-state index in [9.17, 15) is 14.3 Å². The van der Waals surface area contributed by atoms with Crippen LogP contribution in [0.25, 0.3) is 22.3 Å². The largest absolute Gasteiger partial charge is 0.478 e. The Bertz CT molecular complexity index is 1880. The number of hydrogen-bond donors (Lipinski definition) is 1. The van der Waals surface area contributed by atoms with Crippen LogP contribution in [0.15, 0.2) is 54.6 Å². The van der Waals surface area contributed by atoms with Crippen molar-refractivity contribution < 1.29 is 32.5 Å². The molecule has 1 N–H and O–H groups in total. The molecule has 0 spiro atoms. The number of pyridine rings is 1. The molecule has 1 atom stereocenters. The molecule has 6 rings (SSSR count). The minimum atomic E-state index is -1.08. The predicted molar refractivity (Wildman–Crippen MR) is 147 cm³/mol. The fourth-order valence-electron chi connectivity index (χ4n) is 4.71. The molecule has 1 aliphatic rings. The molecule has 1 aliphatic heterocycles. The molecule has 0 aliphatic carbocycles. The van der Waals surface area contributed by atoms with Crippen LogP contribution in [0.3, 0.4) is 0 Å². The highest BCUT2D eigenvalue weighted by molar-refractivity contribution is 7.12. The molecule has 4 heterocycles. The van der Waals surface area contributed by atoms with Crippen molar-refractivity contribution in [1.29, 1.82) is 5.26 Å². The van der Waals surface area contributed by atoms with Gasteiger partial charge in [-0.1, -0.05) is 6.07 Å². The van der Waals surface area contributed by atoms with E-state index in [0.717, 1.165) is 36.0 Å². The van der Waals surface area contributed by atoms with E-state index in [0.29, 0.717) is 30.0 Å². The van der Waals surface area contributed by atoms with E-state index in [2.05, 4.69) is 9.97 Å². The normalized spacial score (nSPS) is 14.5. The summed E-state index contributed by atoms with van der Waals surface area (Å²) < 4.78 is 57.7. The summed E-state index contributed by atoms with van der Waals surface area (Å²) in [7, 11) is 0. The SMILES string of the molecule is N#Cc1cc(F)c(COc2cccc(-c3cc(F)c(Cc4nc5ccc(C(=O)O)cc5n4C[C@@H]4CCO4)cc3F)n2)s1. The van der Waals surface area contributed by atoms with Crippen molar-refractivity contribution in [2.24, 2.45) is 0 Å². The maximum atomic E-state index is 15.4. The van der Waals surface area contributed by atoms with E-state index in [1.807, 2.05) is 6.07 Å². The topological polar surface area (TPSA) is 110 Å². The lowest BCUT2D eigenvalue weighted by atomic mass is 10.0. The van der Waals surface area contributed by atoms with E-state index < -0.39 is 23.4 Å². The lowest BCUT2D eigenvalue weighted by Gasteiger charge is -2.27. The molecule has 3 aromatic heterocycles. The number of hydrogen-bond acceptors (Lipinski definition) is 7. The van der Waals surface area contributed by atoms with Crippen LogP contribution in [0.5, 0.6) is 5.88 Å². The van der Waals surface area contributed by atoms with E-state index in [4.69, 9.17) is 14.7 Å². The molecule has 0 saturated carbocycles. The van der Waals surface area contributed by atoms with Crippen LogP contribution in [0, 0.1) is 28.8 Å². The zero-order valence-corrected chi connectivity index (χ0v) is 22.6. The van der Waals surface area contributed by atoms with Crippen molar-refractivity contribution in [3.63, 3.8) is 0 Å². The van der Waals surface area contributed by atoms with Gasteiger partial charge in [0.2, 0.25) is 5.88 Å². The summed E-state index contributed by atoms with van der Waals surface area (Å²) in [6.45, 7) is 0.855. The highest BCUT2D eigenvalue weighted by Crippen LogP contribution is 2.29. The number of ether oxygens (including phenoxy) is 2. The minimum Gasteiger partial charge on any atom is -0.478 e. The van der Waals surface area contributed by atoms with Gasteiger partial charge in [0, 0.05) is 30.7 Å². The highest BCUT2D eigenvalue weighted by atomic mass is 32.1. The van der Waals surface area contributed by atoms with Gasteiger partial charge in [0.1, 0.15) is 40.8 Å². The number of imidazole rings is 1. The highest BCUT2D eigenvalue weighted by Gasteiger charge is 2.24. The molecule has 0 amide bonds. The van der Waals surface area contributed by atoms with Crippen LogP contribution in [-0.4, -0.2) is 38.3 Å². The van der Waals surface area contributed by atoms with Crippen LogP contribution >= 0.6 is 11.3 Å². The van der Waals surface area contributed by atoms with Crippen molar-refractivity contribution in [2.45, 2.75) is 32.1 Å². The number of nitriles is 1. The first-order valence-electron chi connectivity index (χ1n) is 12.9. The monoisotopic (exact) mass is 590 g/mol. The zero-order chi connectivity index (χ0) is 29.4. The third-order valence-corrected chi connectivity index (χ3v) is 7.94. The summed E-state index contributed by atoms with van der Waals surface area (Å²) in [6, 6.07) is 14.3. The van der Waals surface area contributed by atoms with E-state index in [1.54, 1.807) is 16.7 Å². The van der Waals surface area contributed by atoms with Crippen molar-refractivity contribution in [2.75, 3.05) is 6.61 Å². The molecular formula is C30H21F3N4O4S. The number of carbonyl (C=O) groups is 1. The number of thiophene rings is 1. The fourth-order valence-corrected chi connectivity index (χ4v) is 5.46. The van der Waals surface area contributed by atoms with Gasteiger partial charge in [-0.3, -0.25) is 0 Å². The number of halogens is 3. The Hall–Kier alpha value is -4.73. The third-order valence-electron chi connectivity index (χ3n) is 6.96. The second kappa shape index (κ2) is 11.3. The van der Waals surface area contributed by atoms with E-state index in [1.165, 1.54) is 24.3 Å². The Morgan fingerprint density at radius 3 is 2.67 bits per heavy atom. The molecule has 1 saturated heterocycles. The number of nitrogens with zero attached hydrogens (tertiary/aromatic N) is 4. The minimum absolute atomic E-state index is 0.0412. The Kier molecular flexibility index (Phi) is 7.36. The second-order valence-corrected chi connectivity index (χ2v) is 10.8. The molecule has 5 aromatic rings. The summed E-state index contributed by atoms with van der Waals surface area (Å²) in [5.74, 6) is -2.50. The lowest BCUT2D eigenvalue weighted by Crippen LogP contribution is -2.31. The first kappa shape index (κ1) is 27.4. The van der Waals surface area contributed by atoms with Crippen LogP contribution in [0.1, 0.15) is 37.9 Å². The number of carboxylic acid groups (broad SMARTS) is 1. The maximum absolute atomic E-state index is 15.4. The smallest absolute Gasteiger partial charge is 0.335 e. The Morgan fingerprint density at radius 2 is 1.95 bits per heavy atom. The number of benzene rings is 2. The van der Waals surface area contributed by atoms with Crippen LogP contribution in [0.4, 0.5) is 13.2 Å². The van der Waals surface area contributed by atoms with Gasteiger partial charge < -0.3 is 19.1 Å². The molecule has 0 radical (unpaired) electrons. The van der Waals surface area contributed by atoms with Crippen molar-refractivity contribution in [3.8, 4) is 23.2 Å². The summed E-state index contributed by atoms with van der Waals surface area (Å²) in [6.07, 6.45) is 0.707. The molecule has 2 aromatic carbocycles. The van der Waals surface area contributed by atoms with Gasteiger partial charge in [0.15, 0.2) is 0 Å². The molecule has 1 fully saturated rings. The van der Waals surface area contributed by atoms with Crippen molar-refractivity contribution >= 4 is 28.3 Å². The lowest BCUT2D eigenvalue weighted by molar-refractivity contribution is -0.0589. The first-order valence-corrected chi connectivity index (χ1v) is 13.7. The van der Waals surface area contributed by atoms with E-state index in [-0.39, 0.29) is 57.2 Å². The predicted octanol–water partition coefficient (Wildman–Crippen LogP) is 6.11.